The van der Waals surface area contributed by atoms with Gasteiger partial charge in [0.25, 0.3) is 0 Å². The van der Waals surface area contributed by atoms with Crippen LogP contribution >= 0.6 is 0 Å². The molecule has 0 radical (unpaired) electrons. The Hall–Kier alpha value is -4.57. The molecule has 0 atom stereocenters. The normalized spacial score (nSPS) is 13.6. The number of nitrogens with one attached hydrogen (secondary N) is 2. The van der Waals surface area contributed by atoms with Crippen LogP contribution in [0.4, 0.5) is 27.4 Å². The van der Waals surface area contributed by atoms with Crippen LogP contribution in [0, 0.1) is 5.82 Å². The van der Waals surface area contributed by atoms with Crippen LogP contribution < -0.4 is 20.3 Å². The van der Waals surface area contributed by atoms with Crippen LogP contribution in [0.1, 0.15) is 0 Å². The maximum absolute atomic E-state index is 13.9. The largest absolute Gasteiger partial charge is 0.494 e. The summed E-state index contributed by atoms with van der Waals surface area (Å²) in [6.07, 6.45) is 4.55. The zero-order valence-corrected chi connectivity index (χ0v) is 21.4. The third kappa shape index (κ3) is 4.98. The molecule has 1 saturated heterocycles. The van der Waals surface area contributed by atoms with Gasteiger partial charge in [-0.05, 0) is 37.4 Å². The number of pyridine rings is 1. The number of likely N-dealkylation sites (N-methyl/N-ethyl adjacent to an activating group) is 2. The van der Waals surface area contributed by atoms with Crippen LogP contribution in [0.2, 0.25) is 0 Å². The molecule has 2 aromatic carbocycles. The number of anilines is 4. The quantitative estimate of drug-likeness (QED) is 0.334. The van der Waals surface area contributed by atoms with Gasteiger partial charge in [-0.3, -0.25) is 9.78 Å². The molecule has 194 valence electrons. The second-order valence-corrected chi connectivity index (χ2v) is 9.18. The Morgan fingerprint density at radius 3 is 2.74 bits per heavy atom. The van der Waals surface area contributed by atoms with Gasteiger partial charge >= 0.3 is 0 Å². The van der Waals surface area contributed by atoms with Gasteiger partial charge in [-0.2, -0.15) is 0 Å². The summed E-state index contributed by atoms with van der Waals surface area (Å²) >= 11 is 0. The van der Waals surface area contributed by atoms with Crippen LogP contribution in [-0.2, 0) is 4.79 Å². The van der Waals surface area contributed by atoms with E-state index in [0.29, 0.717) is 45.9 Å². The predicted octanol–water partition coefficient (Wildman–Crippen LogP) is 4.46. The molecule has 0 saturated carbocycles. The fourth-order valence-electron chi connectivity index (χ4n) is 4.50. The van der Waals surface area contributed by atoms with E-state index in [9.17, 15) is 9.18 Å². The minimum absolute atomic E-state index is 0.296. The number of likely N-dealkylation sites (tertiary alicyclic amines) is 1. The number of hydrogen-bond acceptors (Lipinski definition) is 8. The number of carbonyl (C=O) groups excluding carboxylic acids is 1. The Kier molecular flexibility index (Phi) is 6.89. The zero-order chi connectivity index (χ0) is 26.8. The first kappa shape index (κ1) is 25.1. The molecule has 1 aliphatic heterocycles. The number of methoxy groups -OCH3 is 1. The molecule has 0 bridgehead atoms. The van der Waals surface area contributed by atoms with Crippen molar-refractivity contribution in [2.24, 2.45) is 0 Å². The molecule has 0 spiro atoms. The number of amides is 1. The second-order valence-electron chi connectivity index (χ2n) is 9.18. The fraction of sp³-hybridized carbons (Fsp3) is 0.214. The van der Waals surface area contributed by atoms with Gasteiger partial charge in [0.05, 0.1) is 35.9 Å². The lowest BCUT2D eigenvalue weighted by Gasteiger charge is -2.43. The SMILES string of the molecule is C=CC(=O)Nc1cc(Nc2ncc3ccnc(-c4cccc(F)c4)c3n2)c(OC)cc1N(C)C1CN(C)C1. The van der Waals surface area contributed by atoms with Crippen molar-refractivity contribution in [1.82, 2.24) is 19.9 Å². The highest BCUT2D eigenvalue weighted by Crippen LogP contribution is 2.39. The molecule has 2 N–H and O–H groups in total. The average Bonchev–Trinajstić information content (AvgIpc) is 2.90. The summed E-state index contributed by atoms with van der Waals surface area (Å²) in [6, 6.07) is 12.0. The van der Waals surface area contributed by atoms with Crippen molar-refractivity contribution in [3.05, 3.63) is 73.3 Å². The molecule has 1 fully saturated rings. The van der Waals surface area contributed by atoms with Gasteiger partial charge in [-0.15, -0.1) is 0 Å². The second kappa shape index (κ2) is 10.4. The highest BCUT2D eigenvalue weighted by Gasteiger charge is 2.29. The average molecular weight is 514 g/mol. The zero-order valence-electron chi connectivity index (χ0n) is 21.4. The Morgan fingerprint density at radius 2 is 2.03 bits per heavy atom. The van der Waals surface area contributed by atoms with E-state index in [2.05, 4.69) is 44.0 Å². The maximum Gasteiger partial charge on any atom is 0.247 e. The van der Waals surface area contributed by atoms with Gasteiger partial charge < -0.3 is 25.2 Å². The van der Waals surface area contributed by atoms with Gasteiger partial charge in [0.1, 0.15) is 17.1 Å². The first-order valence-electron chi connectivity index (χ1n) is 12.1. The Labute approximate surface area is 220 Å². The molecular formula is C28H28FN7O2. The molecule has 0 unspecified atom stereocenters. The lowest BCUT2D eigenvalue weighted by molar-refractivity contribution is -0.111. The van der Waals surface area contributed by atoms with Crippen molar-refractivity contribution in [3.8, 4) is 17.0 Å². The molecule has 5 rings (SSSR count). The highest BCUT2D eigenvalue weighted by molar-refractivity contribution is 6.02. The van der Waals surface area contributed by atoms with E-state index in [1.165, 1.54) is 18.2 Å². The van der Waals surface area contributed by atoms with E-state index in [4.69, 9.17) is 9.72 Å². The monoisotopic (exact) mass is 513 g/mol. The molecule has 9 nitrogen and oxygen atoms in total. The number of halogens is 1. The lowest BCUT2D eigenvalue weighted by Crippen LogP contribution is -2.56. The number of fused-ring (bicyclic) bond motifs is 1. The van der Waals surface area contributed by atoms with Crippen LogP contribution in [0.3, 0.4) is 0 Å². The Balaban J connectivity index is 1.54. The van der Waals surface area contributed by atoms with Gasteiger partial charge in [-0.25, -0.2) is 14.4 Å². The minimum atomic E-state index is -0.355. The standard InChI is InChI=1S/C28H28FN7O2/c1-5-25(37)32-21-12-22(24(38-4)13-23(21)36(3)20-15-35(2)16-20)33-28-31-14-18-9-10-30-26(27(18)34-28)17-7-6-8-19(29)11-17/h5-14,20H,1,15-16H2,2-4H3,(H,32,37)(H,31,33,34). The summed E-state index contributed by atoms with van der Waals surface area (Å²) < 4.78 is 19.6. The fourth-order valence-corrected chi connectivity index (χ4v) is 4.50. The molecule has 10 heteroatoms. The van der Waals surface area contributed by atoms with Crippen LogP contribution in [0.25, 0.3) is 22.2 Å². The molecule has 3 heterocycles. The summed E-state index contributed by atoms with van der Waals surface area (Å²) in [5, 5.41) is 6.88. The van der Waals surface area contributed by atoms with Gasteiger partial charge in [0.2, 0.25) is 11.9 Å². The number of rotatable bonds is 8. The molecule has 0 aliphatic carbocycles. The highest BCUT2D eigenvalue weighted by atomic mass is 19.1. The minimum Gasteiger partial charge on any atom is -0.494 e. The molecule has 2 aromatic heterocycles. The maximum atomic E-state index is 13.9. The van der Waals surface area contributed by atoms with Gasteiger partial charge in [-0.1, -0.05) is 18.7 Å². The molecule has 1 aliphatic rings. The number of hydrogen-bond donors (Lipinski definition) is 2. The van der Waals surface area contributed by atoms with E-state index in [-0.39, 0.29) is 11.7 Å². The lowest BCUT2D eigenvalue weighted by atomic mass is 10.1. The molecular weight excluding hydrogens is 485 g/mol. The van der Waals surface area contributed by atoms with E-state index in [1.54, 1.807) is 43.8 Å². The molecule has 1 amide bonds. The van der Waals surface area contributed by atoms with Crippen molar-refractivity contribution in [2.75, 3.05) is 49.8 Å². The van der Waals surface area contributed by atoms with E-state index < -0.39 is 0 Å². The summed E-state index contributed by atoms with van der Waals surface area (Å²) in [5.74, 6) is 0.168. The number of nitrogens with zero attached hydrogens (tertiary/aromatic N) is 5. The molecule has 4 aromatic rings. The number of ether oxygens (including phenoxy) is 1. The molecule has 38 heavy (non-hydrogen) atoms. The van der Waals surface area contributed by atoms with Crippen LogP contribution in [0.5, 0.6) is 5.75 Å². The van der Waals surface area contributed by atoms with Crippen molar-refractivity contribution in [2.45, 2.75) is 6.04 Å². The number of aromatic nitrogens is 3. The number of carbonyl (C=O) groups is 1. The number of benzene rings is 2. The third-order valence-electron chi connectivity index (χ3n) is 6.58. The predicted molar refractivity (Wildman–Crippen MR) is 148 cm³/mol. The van der Waals surface area contributed by atoms with Gasteiger partial charge in [0, 0.05) is 49.5 Å². The van der Waals surface area contributed by atoms with Gasteiger partial charge in [0.15, 0.2) is 0 Å². The van der Waals surface area contributed by atoms with Crippen molar-refractivity contribution in [3.63, 3.8) is 0 Å². The summed E-state index contributed by atoms with van der Waals surface area (Å²) in [6.45, 7) is 5.41. The first-order chi connectivity index (χ1) is 18.4. The third-order valence-corrected chi connectivity index (χ3v) is 6.58. The van der Waals surface area contributed by atoms with E-state index in [0.717, 1.165) is 24.2 Å². The summed E-state index contributed by atoms with van der Waals surface area (Å²) in [4.78, 5) is 30.2. The Bertz CT molecular complexity index is 1520. The summed E-state index contributed by atoms with van der Waals surface area (Å²) in [5.41, 5.74) is 3.70. The van der Waals surface area contributed by atoms with Crippen molar-refractivity contribution >= 4 is 39.8 Å². The Morgan fingerprint density at radius 1 is 1.21 bits per heavy atom. The van der Waals surface area contributed by atoms with Crippen LogP contribution in [-0.4, -0.2) is 66.1 Å². The van der Waals surface area contributed by atoms with Crippen molar-refractivity contribution < 1.29 is 13.9 Å². The first-order valence-corrected chi connectivity index (χ1v) is 12.1. The van der Waals surface area contributed by atoms with E-state index in [1.807, 2.05) is 13.1 Å². The summed E-state index contributed by atoms with van der Waals surface area (Å²) in [7, 11) is 5.64. The van der Waals surface area contributed by atoms with Crippen molar-refractivity contribution in [1.29, 1.82) is 0 Å². The van der Waals surface area contributed by atoms with Crippen LogP contribution in [0.15, 0.2) is 67.5 Å². The smallest absolute Gasteiger partial charge is 0.247 e. The van der Waals surface area contributed by atoms with E-state index >= 15 is 0 Å². The topological polar surface area (TPSA) is 95.5 Å².